The molecule has 102 valence electrons. The Kier molecular flexibility index (Phi) is 3.42. The monoisotopic (exact) mass is 262 g/mol. The Balaban J connectivity index is 2.27. The number of methoxy groups -OCH3 is 1. The number of halogens is 2. The largest absolute Gasteiger partial charge is 0.466 e. The summed E-state index contributed by atoms with van der Waals surface area (Å²) in [6.07, 6.45) is -2.42. The average molecular weight is 262 g/mol. The highest BCUT2D eigenvalue weighted by Gasteiger charge is 2.50. The second kappa shape index (κ2) is 4.59. The summed E-state index contributed by atoms with van der Waals surface area (Å²) >= 11 is 0. The maximum absolute atomic E-state index is 13.0. The molecule has 0 aromatic carbocycles. The molecule has 4 nitrogen and oxygen atoms in total. The molecule has 0 N–H and O–H groups in total. The fourth-order valence-corrected chi connectivity index (χ4v) is 2.43. The highest BCUT2D eigenvalue weighted by atomic mass is 19.3. The van der Waals surface area contributed by atoms with Gasteiger partial charge in [0.05, 0.1) is 19.1 Å². The standard InChI is InChI=1S/C12H16F2O4/c1-12(2)17-8-5-6(11(15)16-3)4-7(10(13)14)9(8)18-12/h5,7-10H,4H2,1-3H3. The molecular formula is C12H16F2O4. The van der Waals surface area contributed by atoms with Crippen molar-refractivity contribution in [3.8, 4) is 0 Å². The molecule has 1 aliphatic carbocycles. The number of ether oxygens (including phenoxy) is 3. The number of carbonyl (C=O) groups excluding carboxylic acids is 1. The zero-order chi connectivity index (χ0) is 13.5. The summed E-state index contributed by atoms with van der Waals surface area (Å²) in [5, 5.41) is 0. The van der Waals surface area contributed by atoms with E-state index in [-0.39, 0.29) is 12.0 Å². The zero-order valence-corrected chi connectivity index (χ0v) is 10.5. The van der Waals surface area contributed by atoms with Gasteiger partial charge in [0.1, 0.15) is 6.10 Å². The van der Waals surface area contributed by atoms with Crippen LogP contribution in [0.5, 0.6) is 0 Å². The van der Waals surface area contributed by atoms with E-state index < -0.39 is 36.3 Å². The van der Waals surface area contributed by atoms with E-state index in [0.29, 0.717) is 0 Å². The summed E-state index contributed by atoms with van der Waals surface area (Å²) in [4.78, 5) is 11.5. The maximum atomic E-state index is 13.0. The van der Waals surface area contributed by atoms with Crippen LogP contribution in [0.25, 0.3) is 0 Å². The number of rotatable bonds is 2. The van der Waals surface area contributed by atoms with E-state index in [1.165, 1.54) is 13.2 Å². The summed E-state index contributed by atoms with van der Waals surface area (Å²) in [6.45, 7) is 3.33. The molecule has 2 aliphatic rings. The zero-order valence-electron chi connectivity index (χ0n) is 10.5. The minimum absolute atomic E-state index is 0.0506. The molecule has 0 amide bonds. The van der Waals surface area contributed by atoms with Crippen molar-refractivity contribution in [1.82, 2.24) is 0 Å². The lowest BCUT2D eigenvalue weighted by Gasteiger charge is -2.29. The van der Waals surface area contributed by atoms with Gasteiger partial charge < -0.3 is 14.2 Å². The van der Waals surface area contributed by atoms with Crippen molar-refractivity contribution in [3.63, 3.8) is 0 Å². The van der Waals surface area contributed by atoms with Gasteiger partial charge in [-0.1, -0.05) is 0 Å². The Labute approximate surface area is 104 Å². The van der Waals surface area contributed by atoms with Crippen LogP contribution in [0.1, 0.15) is 20.3 Å². The van der Waals surface area contributed by atoms with Crippen LogP contribution in [0, 0.1) is 5.92 Å². The van der Waals surface area contributed by atoms with Gasteiger partial charge in [-0.15, -0.1) is 0 Å². The van der Waals surface area contributed by atoms with E-state index >= 15 is 0 Å². The normalized spacial score (nSPS) is 34.1. The van der Waals surface area contributed by atoms with Gasteiger partial charge in [-0.05, 0) is 26.3 Å². The SMILES string of the molecule is COC(=O)C1=CC2OC(C)(C)OC2C(C(F)F)C1. The molecule has 0 aromatic heterocycles. The van der Waals surface area contributed by atoms with Crippen LogP contribution in [-0.2, 0) is 19.0 Å². The first-order valence-electron chi connectivity index (χ1n) is 5.77. The molecule has 0 bridgehead atoms. The summed E-state index contributed by atoms with van der Waals surface area (Å²) in [7, 11) is 1.22. The van der Waals surface area contributed by atoms with Crippen LogP contribution in [0.3, 0.4) is 0 Å². The molecule has 1 heterocycles. The van der Waals surface area contributed by atoms with E-state index in [2.05, 4.69) is 4.74 Å². The molecular weight excluding hydrogens is 246 g/mol. The molecule has 18 heavy (non-hydrogen) atoms. The number of carbonyl (C=O) groups is 1. The second-order valence-electron chi connectivity index (χ2n) is 4.95. The maximum Gasteiger partial charge on any atom is 0.333 e. The van der Waals surface area contributed by atoms with Gasteiger partial charge in [-0.2, -0.15) is 0 Å². The third kappa shape index (κ3) is 2.40. The van der Waals surface area contributed by atoms with E-state index in [1.54, 1.807) is 13.8 Å². The minimum Gasteiger partial charge on any atom is -0.466 e. The van der Waals surface area contributed by atoms with Gasteiger partial charge in [-0.25, -0.2) is 13.6 Å². The van der Waals surface area contributed by atoms with Crippen LogP contribution in [0.2, 0.25) is 0 Å². The predicted octanol–water partition coefficient (Wildman–Crippen LogP) is 1.89. The number of esters is 1. The highest BCUT2D eigenvalue weighted by Crippen LogP contribution is 2.41. The number of hydrogen-bond acceptors (Lipinski definition) is 4. The van der Waals surface area contributed by atoms with Crippen LogP contribution >= 0.6 is 0 Å². The van der Waals surface area contributed by atoms with Gasteiger partial charge in [0.25, 0.3) is 0 Å². The van der Waals surface area contributed by atoms with Crippen LogP contribution in [0.4, 0.5) is 8.78 Å². The van der Waals surface area contributed by atoms with Gasteiger partial charge in [0.2, 0.25) is 6.43 Å². The fourth-order valence-electron chi connectivity index (χ4n) is 2.43. The molecule has 3 atom stereocenters. The van der Waals surface area contributed by atoms with E-state index in [4.69, 9.17) is 9.47 Å². The molecule has 1 fully saturated rings. The molecule has 0 spiro atoms. The molecule has 3 unspecified atom stereocenters. The quantitative estimate of drug-likeness (QED) is 0.713. The van der Waals surface area contributed by atoms with Gasteiger partial charge in [-0.3, -0.25) is 0 Å². The molecule has 0 saturated carbocycles. The molecule has 6 heteroatoms. The smallest absolute Gasteiger partial charge is 0.333 e. The molecule has 2 rings (SSSR count). The third-order valence-corrected chi connectivity index (χ3v) is 3.18. The van der Waals surface area contributed by atoms with Crippen molar-refractivity contribution in [2.75, 3.05) is 7.11 Å². The van der Waals surface area contributed by atoms with E-state index in [0.717, 1.165) is 0 Å². The molecule has 0 radical (unpaired) electrons. The second-order valence-corrected chi connectivity index (χ2v) is 4.95. The lowest BCUT2D eigenvalue weighted by molar-refractivity contribution is -0.153. The van der Waals surface area contributed by atoms with Crippen molar-refractivity contribution in [3.05, 3.63) is 11.6 Å². The van der Waals surface area contributed by atoms with Crippen LogP contribution in [0.15, 0.2) is 11.6 Å². The van der Waals surface area contributed by atoms with Crippen LogP contribution in [-0.4, -0.2) is 37.5 Å². The molecule has 1 aliphatic heterocycles. The van der Waals surface area contributed by atoms with Gasteiger partial charge in [0, 0.05) is 5.57 Å². The van der Waals surface area contributed by atoms with Gasteiger partial charge in [0.15, 0.2) is 5.79 Å². The highest BCUT2D eigenvalue weighted by molar-refractivity contribution is 5.88. The van der Waals surface area contributed by atoms with Crippen molar-refractivity contribution >= 4 is 5.97 Å². The number of alkyl halides is 2. The predicted molar refractivity (Wildman–Crippen MR) is 58.0 cm³/mol. The summed E-state index contributed by atoms with van der Waals surface area (Å²) in [5.74, 6) is -2.55. The first-order valence-corrected chi connectivity index (χ1v) is 5.77. The first kappa shape index (κ1) is 13.4. The van der Waals surface area contributed by atoms with Crippen LogP contribution < -0.4 is 0 Å². The molecule has 0 aromatic rings. The van der Waals surface area contributed by atoms with E-state index in [9.17, 15) is 13.6 Å². The number of hydrogen-bond donors (Lipinski definition) is 0. The minimum atomic E-state index is -2.57. The Morgan fingerprint density at radius 1 is 1.50 bits per heavy atom. The van der Waals surface area contributed by atoms with Crippen molar-refractivity contribution < 1.29 is 27.8 Å². The Morgan fingerprint density at radius 3 is 2.72 bits per heavy atom. The Hall–Kier alpha value is -1.01. The van der Waals surface area contributed by atoms with Crippen molar-refractivity contribution in [2.45, 2.75) is 44.7 Å². The lowest BCUT2D eigenvalue weighted by Crippen LogP contribution is -2.39. The number of fused-ring (bicyclic) bond motifs is 1. The Morgan fingerprint density at radius 2 is 2.17 bits per heavy atom. The van der Waals surface area contributed by atoms with Crippen molar-refractivity contribution in [2.24, 2.45) is 5.92 Å². The summed E-state index contributed by atoms with van der Waals surface area (Å²) < 4.78 is 41.7. The summed E-state index contributed by atoms with van der Waals surface area (Å²) in [6, 6.07) is 0. The topological polar surface area (TPSA) is 44.8 Å². The summed E-state index contributed by atoms with van der Waals surface area (Å²) in [5.41, 5.74) is 0.227. The van der Waals surface area contributed by atoms with Gasteiger partial charge >= 0.3 is 5.97 Å². The van der Waals surface area contributed by atoms with E-state index in [1.807, 2.05) is 0 Å². The average Bonchev–Trinajstić information content (AvgIpc) is 2.59. The lowest BCUT2D eigenvalue weighted by atomic mass is 9.85. The Bertz CT molecular complexity index is 378. The fraction of sp³-hybridized carbons (Fsp3) is 0.750. The first-order chi connectivity index (χ1) is 8.34. The molecule has 1 saturated heterocycles. The third-order valence-electron chi connectivity index (χ3n) is 3.18. The van der Waals surface area contributed by atoms with Crippen molar-refractivity contribution in [1.29, 1.82) is 0 Å².